The maximum Gasteiger partial charge on any atom is 0.224 e. The van der Waals surface area contributed by atoms with Crippen LogP contribution >= 0.6 is 23.1 Å². The first-order valence-electron chi connectivity index (χ1n) is 6.06. The Morgan fingerprint density at radius 1 is 1.26 bits per heavy atom. The maximum atomic E-state index is 11.7. The number of carbonyl (C=O) groups is 1. The molecule has 3 N–H and O–H groups in total. The average molecular weight is 292 g/mol. The Hall–Kier alpha value is -1.46. The Morgan fingerprint density at radius 3 is 2.74 bits per heavy atom. The second-order valence-corrected chi connectivity index (χ2v) is 6.40. The van der Waals surface area contributed by atoms with Crippen LogP contribution in [0.25, 0.3) is 0 Å². The van der Waals surface area contributed by atoms with Crippen molar-refractivity contribution in [1.82, 2.24) is 0 Å². The van der Waals surface area contributed by atoms with Gasteiger partial charge in [0.05, 0.1) is 4.21 Å². The smallest absolute Gasteiger partial charge is 0.224 e. The zero-order chi connectivity index (χ0) is 13.5. The normalized spacial score (nSPS) is 10.3. The van der Waals surface area contributed by atoms with Crippen LogP contribution in [-0.4, -0.2) is 11.7 Å². The Morgan fingerprint density at radius 2 is 2.05 bits per heavy atom. The maximum absolute atomic E-state index is 11.7. The van der Waals surface area contributed by atoms with E-state index in [4.69, 9.17) is 5.73 Å². The molecule has 5 heteroatoms. The first kappa shape index (κ1) is 14.0. The molecule has 0 aliphatic rings. The summed E-state index contributed by atoms with van der Waals surface area (Å²) in [6.07, 6.45) is 1.42. The van der Waals surface area contributed by atoms with E-state index in [0.717, 1.165) is 17.9 Å². The van der Waals surface area contributed by atoms with Gasteiger partial charge in [-0.3, -0.25) is 4.79 Å². The van der Waals surface area contributed by atoms with Gasteiger partial charge in [-0.1, -0.05) is 6.07 Å². The molecule has 1 aromatic carbocycles. The molecule has 3 nitrogen and oxygen atoms in total. The second kappa shape index (κ2) is 7.21. The van der Waals surface area contributed by atoms with Gasteiger partial charge in [0, 0.05) is 17.8 Å². The van der Waals surface area contributed by atoms with Crippen LogP contribution in [-0.2, 0) is 4.79 Å². The fraction of sp³-hybridized carbons (Fsp3) is 0.214. The summed E-state index contributed by atoms with van der Waals surface area (Å²) in [6, 6.07) is 11.3. The molecular weight excluding hydrogens is 276 g/mol. The summed E-state index contributed by atoms with van der Waals surface area (Å²) in [6.45, 7) is 0. The molecule has 0 aliphatic carbocycles. The zero-order valence-electron chi connectivity index (χ0n) is 10.5. The van der Waals surface area contributed by atoms with Crippen LogP contribution in [0.1, 0.15) is 12.8 Å². The minimum absolute atomic E-state index is 0.0524. The number of thioether (sulfide) groups is 1. The third-order valence-electron chi connectivity index (χ3n) is 2.48. The van der Waals surface area contributed by atoms with Crippen molar-refractivity contribution < 1.29 is 4.79 Å². The van der Waals surface area contributed by atoms with Crippen LogP contribution in [0.5, 0.6) is 0 Å². The van der Waals surface area contributed by atoms with Crippen LogP contribution in [0, 0.1) is 0 Å². The molecule has 0 aliphatic heterocycles. The van der Waals surface area contributed by atoms with Crippen LogP contribution in [0.3, 0.4) is 0 Å². The Bertz CT molecular complexity index is 509. The molecule has 0 radical (unpaired) electrons. The van der Waals surface area contributed by atoms with E-state index in [-0.39, 0.29) is 5.91 Å². The molecule has 0 saturated carbocycles. The quantitative estimate of drug-likeness (QED) is 0.483. The predicted molar refractivity (Wildman–Crippen MR) is 83.8 cm³/mol. The summed E-state index contributed by atoms with van der Waals surface area (Å²) < 4.78 is 1.30. The standard InChI is InChI=1S/C14H16N2OS2/c15-11-5-7-12(8-6-11)16-13(17)3-1-9-18-14-4-2-10-19-14/h2,4-8,10H,1,3,9,15H2,(H,16,17). The number of nitrogens with one attached hydrogen (secondary N) is 1. The van der Waals surface area contributed by atoms with Crippen molar-refractivity contribution in [3.8, 4) is 0 Å². The van der Waals surface area contributed by atoms with Gasteiger partial charge in [-0.25, -0.2) is 0 Å². The summed E-state index contributed by atoms with van der Waals surface area (Å²) in [4.78, 5) is 11.7. The monoisotopic (exact) mass is 292 g/mol. The van der Waals surface area contributed by atoms with Crippen LogP contribution < -0.4 is 11.1 Å². The Kier molecular flexibility index (Phi) is 5.30. The first-order chi connectivity index (χ1) is 9.24. The van der Waals surface area contributed by atoms with E-state index >= 15 is 0 Å². The highest BCUT2D eigenvalue weighted by Gasteiger charge is 2.02. The van der Waals surface area contributed by atoms with Gasteiger partial charge in [0.2, 0.25) is 5.91 Å². The fourth-order valence-corrected chi connectivity index (χ4v) is 3.34. The van der Waals surface area contributed by atoms with E-state index in [2.05, 4.69) is 16.8 Å². The first-order valence-corrected chi connectivity index (χ1v) is 7.92. The highest BCUT2D eigenvalue weighted by atomic mass is 32.2. The lowest BCUT2D eigenvalue weighted by molar-refractivity contribution is -0.116. The second-order valence-electron chi connectivity index (χ2n) is 4.05. The zero-order valence-corrected chi connectivity index (χ0v) is 12.1. The number of hydrogen-bond acceptors (Lipinski definition) is 4. The molecule has 19 heavy (non-hydrogen) atoms. The molecule has 1 amide bonds. The Labute approximate surface area is 121 Å². The summed E-state index contributed by atoms with van der Waals surface area (Å²) >= 11 is 3.54. The van der Waals surface area contributed by atoms with Gasteiger partial charge in [0.15, 0.2) is 0 Å². The van der Waals surface area contributed by atoms with Crippen LogP contribution in [0.4, 0.5) is 11.4 Å². The van der Waals surface area contributed by atoms with Gasteiger partial charge in [0.1, 0.15) is 0 Å². The third kappa shape index (κ3) is 4.96. The average Bonchev–Trinajstić information content (AvgIpc) is 2.91. The van der Waals surface area contributed by atoms with E-state index < -0.39 is 0 Å². The highest BCUT2D eigenvalue weighted by Crippen LogP contribution is 2.24. The van der Waals surface area contributed by atoms with Crippen molar-refractivity contribution in [3.05, 3.63) is 41.8 Å². The molecule has 0 fully saturated rings. The van der Waals surface area contributed by atoms with Crippen molar-refractivity contribution in [2.24, 2.45) is 0 Å². The number of hydrogen-bond donors (Lipinski definition) is 2. The molecule has 2 aromatic rings. The van der Waals surface area contributed by atoms with Gasteiger partial charge in [-0.2, -0.15) is 0 Å². The molecule has 0 atom stereocenters. The number of thiophene rings is 1. The number of nitrogen functional groups attached to an aromatic ring is 1. The molecular formula is C14H16N2OS2. The summed E-state index contributed by atoms with van der Waals surface area (Å²) in [5.74, 6) is 1.02. The summed E-state index contributed by atoms with van der Waals surface area (Å²) in [5.41, 5.74) is 7.08. The summed E-state index contributed by atoms with van der Waals surface area (Å²) in [5, 5.41) is 4.93. The number of benzene rings is 1. The molecule has 0 spiro atoms. The lowest BCUT2D eigenvalue weighted by atomic mass is 10.2. The number of anilines is 2. The number of nitrogens with two attached hydrogens (primary N) is 1. The van der Waals surface area contributed by atoms with E-state index in [1.165, 1.54) is 4.21 Å². The van der Waals surface area contributed by atoms with Crippen LogP contribution in [0.2, 0.25) is 0 Å². The summed E-state index contributed by atoms with van der Waals surface area (Å²) in [7, 11) is 0. The fourth-order valence-electron chi connectivity index (χ4n) is 1.54. The van der Waals surface area contributed by atoms with E-state index in [1.54, 1.807) is 35.2 Å². The molecule has 1 aromatic heterocycles. The van der Waals surface area contributed by atoms with Crippen LogP contribution in [0.15, 0.2) is 46.0 Å². The van der Waals surface area contributed by atoms with Gasteiger partial charge < -0.3 is 11.1 Å². The van der Waals surface area contributed by atoms with E-state index in [1.807, 2.05) is 18.2 Å². The minimum Gasteiger partial charge on any atom is -0.399 e. The highest BCUT2D eigenvalue weighted by molar-refractivity contribution is 8.01. The number of carbonyl (C=O) groups excluding carboxylic acids is 1. The minimum atomic E-state index is 0.0524. The van der Waals surface area contributed by atoms with Gasteiger partial charge in [0.25, 0.3) is 0 Å². The molecule has 0 bridgehead atoms. The SMILES string of the molecule is Nc1ccc(NC(=O)CCCSc2cccs2)cc1. The largest absolute Gasteiger partial charge is 0.399 e. The van der Waals surface area contributed by atoms with Crippen molar-refractivity contribution in [1.29, 1.82) is 0 Å². The van der Waals surface area contributed by atoms with Crippen molar-refractivity contribution in [2.75, 3.05) is 16.8 Å². The lowest BCUT2D eigenvalue weighted by Crippen LogP contribution is -2.11. The topological polar surface area (TPSA) is 55.1 Å². The van der Waals surface area contributed by atoms with Crippen molar-refractivity contribution in [2.45, 2.75) is 17.1 Å². The molecule has 2 rings (SSSR count). The van der Waals surface area contributed by atoms with Gasteiger partial charge in [-0.05, 0) is 47.9 Å². The van der Waals surface area contributed by atoms with Crippen molar-refractivity contribution >= 4 is 40.4 Å². The molecule has 0 unspecified atom stereocenters. The predicted octanol–water partition coefficient (Wildman–Crippen LogP) is 3.84. The number of amides is 1. The Balaban J connectivity index is 1.65. The number of rotatable bonds is 6. The van der Waals surface area contributed by atoms with Gasteiger partial charge in [-0.15, -0.1) is 23.1 Å². The molecule has 100 valence electrons. The van der Waals surface area contributed by atoms with E-state index in [9.17, 15) is 4.79 Å². The third-order valence-corrected chi connectivity index (χ3v) is 4.70. The lowest BCUT2D eigenvalue weighted by Gasteiger charge is -2.05. The van der Waals surface area contributed by atoms with E-state index in [0.29, 0.717) is 12.1 Å². The molecule has 0 saturated heterocycles. The molecule has 1 heterocycles. The van der Waals surface area contributed by atoms with Gasteiger partial charge >= 0.3 is 0 Å². The van der Waals surface area contributed by atoms with Crippen molar-refractivity contribution in [3.63, 3.8) is 0 Å².